The highest BCUT2D eigenvalue weighted by Gasteiger charge is 2.19. The molecule has 1 fully saturated rings. The Morgan fingerprint density at radius 1 is 1.33 bits per heavy atom. The molecule has 0 aromatic heterocycles. The summed E-state index contributed by atoms with van der Waals surface area (Å²) in [5.41, 5.74) is 1.17. The molecule has 0 bridgehead atoms. The summed E-state index contributed by atoms with van der Waals surface area (Å²) in [7, 11) is 1.89. The normalized spacial score (nSPS) is 18.1. The zero-order valence-electron chi connectivity index (χ0n) is 13.2. The number of carbonyl (C=O) groups excluding carboxylic acids is 1. The van der Waals surface area contributed by atoms with Crippen molar-refractivity contribution in [2.45, 2.75) is 32.4 Å². The number of likely N-dealkylation sites (N-methyl/N-ethyl adjacent to an activating group) is 2. The predicted octanol–water partition coefficient (Wildman–Crippen LogP) is 1.72. The van der Waals surface area contributed by atoms with E-state index in [4.69, 9.17) is 0 Å². The van der Waals surface area contributed by atoms with Crippen LogP contribution >= 0.6 is 0 Å². The fraction of sp³-hybridized carbons (Fsp3) is 0.588. The van der Waals surface area contributed by atoms with Gasteiger partial charge in [0, 0.05) is 26.2 Å². The van der Waals surface area contributed by atoms with Crippen molar-refractivity contribution < 1.29 is 4.79 Å². The lowest BCUT2D eigenvalue weighted by molar-refractivity contribution is -0.131. The molecule has 1 aromatic carbocycles. The van der Waals surface area contributed by atoms with Crippen LogP contribution < -0.4 is 5.32 Å². The molecule has 1 unspecified atom stereocenters. The number of hydrogen-bond donors (Lipinski definition) is 1. The molecule has 0 saturated carbocycles. The van der Waals surface area contributed by atoms with Crippen molar-refractivity contribution in [2.75, 3.05) is 33.2 Å². The van der Waals surface area contributed by atoms with E-state index in [1.54, 1.807) is 0 Å². The van der Waals surface area contributed by atoms with Crippen LogP contribution in [0.3, 0.4) is 0 Å². The zero-order chi connectivity index (χ0) is 15.1. The molecule has 4 heteroatoms. The number of amides is 1. The summed E-state index contributed by atoms with van der Waals surface area (Å²) < 4.78 is 0. The monoisotopic (exact) mass is 289 g/mol. The molecule has 0 spiro atoms. The van der Waals surface area contributed by atoms with Crippen LogP contribution in [0.1, 0.15) is 25.3 Å². The van der Waals surface area contributed by atoms with Gasteiger partial charge in [0.15, 0.2) is 0 Å². The molecule has 1 heterocycles. The lowest BCUT2D eigenvalue weighted by Gasteiger charge is -2.26. The molecule has 1 saturated heterocycles. The maximum absolute atomic E-state index is 12.4. The Hall–Kier alpha value is -1.39. The van der Waals surface area contributed by atoms with Gasteiger partial charge in [-0.1, -0.05) is 37.3 Å². The van der Waals surface area contributed by atoms with Crippen LogP contribution in [0.4, 0.5) is 0 Å². The highest BCUT2D eigenvalue weighted by molar-refractivity contribution is 5.78. The van der Waals surface area contributed by atoms with E-state index in [0.717, 1.165) is 19.6 Å². The summed E-state index contributed by atoms with van der Waals surface area (Å²) in [6, 6.07) is 10.7. The van der Waals surface area contributed by atoms with Crippen LogP contribution in [0.25, 0.3) is 0 Å². The Bertz CT molecular complexity index is 429. The van der Waals surface area contributed by atoms with Crippen molar-refractivity contribution in [1.82, 2.24) is 15.1 Å². The third-order valence-electron chi connectivity index (χ3n) is 4.14. The Labute approximate surface area is 128 Å². The summed E-state index contributed by atoms with van der Waals surface area (Å²) in [6.07, 6.45) is 2.48. The minimum absolute atomic E-state index is 0.193. The maximum Gasteiger partial charge on any atom is 0.236 e. The Balaban J connectivity index is 1.80. The molecule has 116 valence electrons. The van der Waals surface area contributed by atoms with Crippen molar-refractivity contribution in [3.63, 3.8) is 0 Å². The van der Waals surface area contributed by atoms with Gasteiger partial charge in [-0.25, -0.2) is 0 Å². The van der Waals surface area contributed by atoms with Crippen molar-refractivity contribution >= 4 is 5.91 Å². The summed E-state index contributed by atoms with van der Waals surface area (Å²) in [5, 5.41) is 3.50. The van der Waals surface area contributed by atoms with E-state index in [1.807, 2.05) is 30.1 Å². The van der Waals surface area contributed by atoms with Crippen LogP contribution in [0.2, 0.25) is 0 Å². The van der Waals surface area contributed by atoms with E-state index in [2.05, 4.69) is 29.3 Å². The summed E-state index contributed by atoms with van der Waals surface area (Å²) >= 11 is 0. The number of benzene rings is 1. The molecule has 4 nitrogen and oxygen atoms in total. The smallest absolute Gasteiger partial charge is 0.236 e. The van der Waals surface area contributed by atoms with Crippen LogP contribution in [-0.4, -0.2) is 55.0 Å². The molecular weight excluding hydrogens is 262 g/mol. The van der Waals surface area contributed by atoms with Gasteiger partial charge in [0.25, 0.3) is 0 Å². The first-order valence-electron chi connectivity index (χ1n) is 7.92. The molecule has 2 rings (SSSR count). The van der Waals surface area contributed by atoms with Crippen molar-refractivity contribution in [3.8, 4) is 0 Å². The van der Waals surface area contributed by atoms with Gasteiger partial charge >= 0.3 is 0 Å². The summed E-state index contributed by atoms with van der Waals surface area (Å²) in [5.74, 6) is 0.193. The maximum atomic E-state index is 12.4. The second-order valence-electron chi connectivity index (χ2n) is 5.86. The van der Waals surface area contributed by atoms with Gasteiger partial charge in [-0.15, -0.1) is 0 Å². The first-order chi connectivity index (χ1) is 10.2. The van der Waals surface area contributed by atoms with E-state index in [-0.39, 0.29) is 5.91 Å². The number of rotatable bonds is 7. The van der Waals surface area contributed by atoms with Gasteiger partial charge in [0.2, 0.25) is 5.91 Å². The average molecular weight is 289 g/mol. The summed E-state index contributed by atoms with van der Waals surface area (Å²) in [6.45, 7) is 6.32. The second kappa shape index (κ2) is 8.15. The average Bonchev–Trinajstić information content (AvgIpc) is 3.00. The Morgan fingerprint density at radius 2 is 2.10 bits per heavy atom. The molecule has 0 aliphatic carbocycles. The van der Waals surface area contributed by atoms with Crippen LogP contribution in [0.5, 0.6) is 0 Å². The Kier molecular flexibility index (Phi) is 6.21. The van der Waals surface area contributed by atoms with E-state index in [0.29, 0.717) is 19.1 Å². The molecule has 1 atom stereocenters. The second-order valence-corrected chi connectivity index (χ2v) is 5.86. The van der Waals surface area contributed by atoms with Crippen molar-refractivity contribution in [3.05, 3.63) is 35.9 Å². The van der Waals surface area contributed by atoms with Crippen molar-refractivity contribution in [1.29, 1.82) is 0 Å². The largest absolute Gasteiger partial charge is 0.340 e. The molecule has 1 amide bonds. The first kappa shape index (κ1) is 16.0. The molecule has 21 heavy (non-hydrogen) atoms. The van der Waals surface area contributed by atoms with Crippen LogP contribution in [0, 0.1) is 0 Å². The van der Waals surface area contributed by atoms with Gasteiger partial charge in [-0.05, 0) is 31.5 Å². The lowest BCUT2D eigenvalue weighted by Crippen LogP contribution is -2.43. The molecule has 1 aliphatic heterocycles. The first-order valence-corrected chi connectivity index (χ1v) is 7.92. The third kappa shape index (κ3) is 5.14. The van der Waals surface area contributed by atoms with E-state index in [9.17, 15) is 4.79 Å². The van der Waals surface area contributed by atoms with Crippen molar-refractivity contribution in [2.24, 2.45) is 0 Å². The molecule has 1 aromatic rings. The number of hydrogen-bond acceptors (Lipinski definition) is 3. The van der Waals surface area contributed by atoms with Gasteiger partial charge in [-0.3, -0.25) is 9.69 Å². The predicted molar refractivity (Wildman–Crippen MR) is 86.1 cm³/mol. The number of nitrogens with one attached hydrogen (secondary N) is 1. The third-order valence-corrected chi connectivity index (χ3v) is 4.14. The molecular formula is C17H27N3O. The quantitative estimate of drug-likeness (QED) is 0.830. The van der Waals surface area contributed by atoms with Gasteiger partial charge in [-0.2, -0.15) is 0 Å². The lowest BCUT2D eigenvalue weighted by atomic mass is 10.2. The van der Waals surface area contributed by atoms with E-state index in [1.165, 1.54) is 18.4 Å². The van der Waals surface area contributed by atoms with Crippen LogP contribution in [0.15, 0.2) is 30.3 Å². The fourth-order valence-corrected chi connectivity index (χ4v) is 2.79. The highest BCUT2D eigenvalue weighted by atomic mass is 16.2. The minimum atomic E-state index is 0.193. The Morgan fingerprint density at radius 3 is 2.71 bits per heavy atom. The molecule has 0 radical (unpaired) electrons. The molecule has 1 N–H and O–H groups in total. The van der Waals surface area contributed by atoms with Crippen LogP contribution in [-0.2, 0) is 11.3 Å². The SMILES string of the molecule is CCN(CC(=O)N(C)Cc1ccccc1)CC1CCCN1. The minimum Gasteiger partial charge on any atom is -0.340 e. The standard InChI is InChI=1S/C17H27N3O/c1-3-20(13-16-10-7-11-18-16)14-17(21)19(2)12-15-8-5-4-6-9-15/h4-6,8-9,16,18H,3,7,10-14H2,1-2H3. The van der Waals surface area contributed by atoms with E-state index < -0.39 is 0 Å². The number of carbonyl (C=O) groups is 1. The highest BCUT2D eigenvalue weighted by Crippen LogP contribution is 2.08. The van der Waals surface area contributed by atoms with E-state index >= 15 is 0 Å². The zero-order valence-corrected chi connectivity index (χ0v) is 13.2. The van der Waals surface area contributed by atoms with Gasteiger partial charge < -0.3 is 10.2 Å². The topological polar surface area (TPSA) is 35.6 Å². The molecule has 1 aliphatic rings. The summed E-state index contributed by atoms with van der Waals surface area (Å²) in [4.78, 5) is 16.4. The fourth-order valence-electron chi connectivity index (χ4n) is 2.79. The van der Waals surface area contributed by atoms with Gasteiger partial charge in [0.1, 0.15) is 0 Å². The number of nitrogens with zero attached hydrogens (tertiary/aromatic N) is 2. The van der Waals surface area contributed by atoms with Gasteiger partial charge in [0.05, 0.1) is 6.54 Å².